The zero-order chi connectivity index (χ0) is 20.8. The van der Waals surface area contributed by atoms with Crippen LogP contribution in [0.25, 0.3) is 0 Å². The fourth-order valence-electron chi connectivity index (χ4n) is 3.47. The summed E-state index contributed by atoms with van der Waals surface area (Å²) in [6.07, 6.45) is 1.37. The van der Waals surface area contributed by atoms with Crippen molar-refractivity contribution < 1.29 is 23.9 Å². The molecule has 29 heavy (non-hydrogen) atoms. The molecule has 2 amide bonds. The summed E-state index contributed by atoms with van der Waals surface area (Å²) in [5, 5.41) is 2.45. The summed E-state index contributed by atoms with van der Waals surface area (Å²) in [6.45, 7) is 0.663. The van der Waals surface area contributed by atoms with Crippen molar-refractivity contribution in [2.24, 2.45) is 0 Å². The van der Waals surface area contributed by atoms with Crippen molar-refractivity contribution in [2.75, 3.05) is 27.3 Å². The summed E-state index contributed by atoms with van der Waals surface area (Å²) in [4.78, 5) is 39.6. The Balaban J connectivity index is 1.68. The first-order valence-electron chi connectivity index (χ1n) is 9.43. The molecule has 0 radical (unpaired) electrons. The van der Waals surface area contributed by atoms with Crippen LogP contribution in [0.15, 0.2) is 48.5 Å². The predicted octanol–water partition coefficient (Wildman–Crippen LogP) is 2.31. The topological polar surface area (TPSA) is 84.9 Å². The molecule has 1 N–H and O–H groups in total. The van der Waals surface area contributed by atoms with Gasteiger partial charge in [0.15, 0.2) is 5.78 Å². The molecule has 3 rings (SSSR count). The Hall–Kier alpha value is -3.19. The normalized spacial score (nSPS) is 16.3. The molecular weight excluding hydrogens is 372 g/mol. The summed E-state index contributed by atoms with van der Waals surface area (Å²) in [7, 11) is 3.03. The lowest BCUT2D eigenvalue weighted by atomic mass is 10.1. The molecular formula is C22H24N2O5. The molecule has 2 aromatic rings. The van der Waals surface area contributed by atoms with Crippen LogP contribution in [-0.4, -0.2) is 55.8 Å². The van der Waals surface area contributed by atoms with Gasteiger partial charge in [-0.05, 0) is 49.7 Å². The van der Waals surface area contributed by atoms with Crippen molar-refractivity contribution in [3.8, 4) is 11.5 Å². The van der Waals surface area contributed by atoms with Crippen LogP contribution in [0.2, 0.25) is 0 Å². The molecule has 2 aromatic carbocycles. The van der Waals surface area contributed by atoms with E-state index in [9.17, 15) is 14.4 Å². The Kier molecular flexibility index (Phi) is 6.61. The standard InChI is InChI=1S/C22H24N2O5/c1-28-16-10-11-20(29-2)17(13-16)19(25)14-24-12-6-9-18(24)22(27)23-21(26)15-7-4-3-5-8-15/h3-5,7-8,10-11,13,18H,6,9,12,14H2,1-2H3,(H,23,26,27)/t18-/m1/s1. The number of likely N-dealkylation sites (tertiary alicyclic amines) is 1. The number of Topliss-reactive ketones (excluding diaryl/α,β-unsaturated/α-hetero) is 1. The van der Waals surface area contributed by atoms with Crippen LogP contribution < -0.4 is 14.8 Å². The van der Waals surface area contributed by atoms with E-state index in [1.165, 1.54) is 14.2 Å². The third-order valence-electron chi connectivity index (χ3n) is 4.99. The molecule has 152 valence electrons. The minimum Gasteiger partial charge on any atom is -0.497 e. The second-order valence-corrected chi connectivity index (χ2v) is 6.80. The molecule has 1 aliphatic rings. The first-order chi connectivity index (χ1) is 14.0. The Morgan fingerprint density at radius 2 is 1.83 bits per heavy atom. The number of nitrogens with zero attached hydrogens (tertiary/aromatic N) is 1. The molecule has 7 heteroatoms. The van der Waals surface area contributed by atoms with E-state index in [2.05, 4.69) is 5.32 Å². The number of hydrogen-bond donors (Lipinski definition) is 1. The molecule has 7 nitrogen and oxygen atoms in total. The van der Waals surface area contributed by atoms with Gasteiger partial charge in [0, 0.05) is 5.56 Å². The minimum atomic E-state index is -0.525. The highest BCUT2D eigenvalue weighted by molar-refractivity contribution is 6.06. The van der Waals surface area contributed by atoms with E-state index >= 15 is 0 Å². The summed E-state index contributed by atoms with van der Waals surface area (Å²) < 4.78 is 10.5. The van der Waals surface area contributed by atoms with Gasteiger partial charge in [0.2, 0.25) is 5.91 Å². The molecule has 0 saturated carbocycles. The van der Waals surface area contributed by atoms with E-state index in [1.807, 2.05) is 0 Å². The number of ketones is 1. The van der Waals surface area contributed by atoms with Gasteiger partial charge in [0.05, 0.1) is 32.4 Å². The number of hydrogen-bond acceptors (Lipinski definition) is 6. The maximum atomic E-state index is 12.9. The highest BCUT2D eigenvalue weighted by atomic mass is 16.5. The lowest BCUT2D eigenvalue weighted by Crippen LogP contribution is -2.46. The molecule has 0 bridgehead atoms. The molecule has 0 spiro atoms. The molecule has 1 heterocycles. The summed E-state index contributed by atoms with van der Waals surface area (Å²) in [6, 6.07) is 13.1. The molecule has 1 fully saturated rings. The van der Waals surface area contributed by atoms with Gasteiger partial charge in [-0.2, -0.15) is 0 Å². The first-order valence-corrected chi connectivity index (χ1v) is 9.43. The number of carbonyl (C=O) groups excluding carboxylic acids is 3. The smallest absolute Gasteiger partial charge is 0.257 e. The van der Waals surface area contributed by atoms with Gasteiger partial charge in [-0.15, -0.1) is 0 Å². The zero-order valence-electron chi connectivity index (χ0n) is 16.5. The van der Waals surface area contributed by atoms with Crippen LogP contribution >= 0.6 is 0 Å². The molecule has 1 atom stereocenters. The number of carbonyl (C=O) groups is 3. The quantitative estimate of drug-likeness (QED) is 0.571. The fraction of sp³-hybridized carbons (Fsp3) is 0.318. The van der Waals surface area contributed by atoms with Crippen molar-refractivity contribution in [3.63, 3.8) is 0 Å². The van der Waals surface area contributed by atoms with E-state index < -0.39 is 11.9 Å². The average molecular weight is 396 g/mol. The van der Waals surface area contributed by atoms with E-state index in [1.54, 1.807) is 53.4 Å². The summed E-state index contributed by atoms with van der Waals surface area (Å²) >= 11 is 0. The van der Waals surface area contributed by atoms with E-state index in [-0.39, 0.29) is 18.2 Å². The minimum absolute atomic E-state index is 0.0567. The maximum Gasteiger partial charge on any atom is 0.257 e. The number of imide groups is 1. The van der Waals surface area contributed by atoms with Crippen molar-refractivity contribution in [2.45, 2.75) is 18.9 Å². The Labute approximate surface area is 169 Å². The SMILES string of the molecule is COc1ccc(OC)c(C(=O)CN2CCC[C@@H]2C(=O)NC(=O)c2ccccc2)c1. The Morgan fingerprint density at radius 1 is 1.07 bits per heavy atom. The van der Waals surface area contributed by atoms with Crippen molar-refractivity contribution in [1.29, 1.82) is 0 Å². The van der Waals surface area contributed by atoms with Crippen LogP contribution in [0.5, 0.6) is 11.5 Å². The third kappa shape index (κ3) is 4.81. The van der Waals surface area contributed by atoms with E-state index in [0.29, 0.717) is 35.6 Å². The Bertz CT molecular complexity index is 897. The van der Waals surface area contributed by atoms with Crippen molar-refractivity contribution >= 4 is 17.6 Å². The number of ether oxygens (including phenoxy) is 2. The largest absolute Gasteiger partial charge is 0.497 e. The maximum absolute atomic E-state index is 12.9. The second kappa shape index (κ2) is 9.34. The molecule has 1 aliphatic heterocycles. The molecule has 0 aromatic heterocycles. The van der Waals surface area contributed by atoms with Crippen LogP contribution in [0.3, 0.4) is 0 Å². The molecule has 0 unspecified atom stereocenters. The molecule has 1 saturated heterocycles. The first kappa shape index (κ1) is 20.5. The van der Waals surface area contributed by atoms with Gasteiger partial charge in [0.1, 0.15) is 11.5 Å². The van der Waals surface area contributed by atoms with E-state index in [0.717, 1.165) is 6.42 Å². The monoisotopic (exact) mass is 396 g/mol. The Morgan fingerprint density at radius 3 is 2.52 bits per heavy atom. The van der Waals surface area contributed by atoms with Gasteiger partial charge in [0.25, 0.3) is 5.91 Å². The number of amides is 2. The third-order valence-corrected chi connectivity index (χ3v) is 4.99. The predicted molar refractivity (Wildman–Crippen MR) is 107 cm³/mol. The average Bonchev–Trinajstić information content (AvgIpc) is 3.22. The van der Waals surface area contributed by atoms with Gasteiger partial charge in [-0.25, -0.2) is 0 Å². The number of benzene rings is 2. The summed E-state index contributed by atoms with van der Waals surface area (Å²) in [5.41, 5.74) is 0.820. The highest BCUT2D eigenvalue weighted by Gasteiger charge is 2.33. The highest BCUT2D eigenvalue weighted by Crippen LogP contribution is 2.26. The lowest BCUT2D eigenvalue weighted by molar-refractivity contribution is -0.124. The zero-order valence-corrected chi connectivity index (χ0v) is 16.5. The second-order valence-electron chi connectivity index (χ2n) is 6.80. The van der Waals surface area contributed by atoms with Gasteiger partial charge < -0.3 is 9.47 Å². The van der Waals surface area contributed by atoms with Crippen LogP contribution in [0, 0.1) is 0 Å². The van der Waals surface area contributed by atoms with E-state index in [4.69, 9.17) is 9.47 Å². The number of methoxy groups -OCH3 is 2. The number of rotatable bonds is 7. The van der Waals surface area contributed by atoms with Gasteiger partial charge >= 0.3 is 0 Å². The van der Waals surface area contributed by atoms with Crippen molar-refractivity contribution in [1.82, 2.24) is 10.2 Å². The van der Waals surface area contributed by atoms with Crippen LogP contribution in [0.1, 0.15) is 33.6 Å². The van der Waals surface area contributed by atoms with Crippen molar-refractivity contribution in [3.05, 3.63) is 59.7 Å². The fourth-order valence-corrected chi connectivity index (χ4v) is 3.47. The molecule has 0 aliphatic carbocycles. The van der Waals surface area contributed by atoms with Crippen LogP contribution in [0.4, 0.5) is 0 Å². The van der Waals surface area contributed by atoms with Gasteiger partial charge in [-0.3, -0.25) is 24.6 Å². The van der Waals surface area contributed by atoms with Gasteiger partial charge in [-0.1, -0.05) is 18.2 Å². The summed E-state index contributed by atoms with van der Waals surface area (Å²) in [5.74, 6) is 0.00779. The number of nitrogens with one attached hydrogen (secondary N) is 1. The van der Waals surface area contributed by atoms with Crippen LogP contribution in [-0.2, 0) is 4.79 Å². The lowest BCUT2D eigenvalue weighted by Gasteiger charge is -2.23.